The SMILES string of the molecule is C[C@H](CC[C@@]1(O)O[C@H]2C[C@H]3[C@@H]4CC[C@H]5C[C@@H](O[C@@H]6O[C@H](CO[C@@H]7O[C@H](CO)[C@H](O)[C@H](O[C@@H]8OC[C@@H](O)[C@H](O)[C@H]8O)[C@H]7O[C@@H]7O[C@H](CO)[C@H](O[C@H]8O[C@@H](C)[C@H](O)[C@@H](O)[C@H]8O)[C@H](O)[C@H]7O)[C@@H](O)[C@H](O)[C@H]6O)CC[C@]5(C)[C@H]4CC[C@]3(C)[C@H]2[C@@H]1C)CO[C@@H]1O[C@H](CO)[C@H](O)[C@H](O)[C@H]1O. The second-order valence-corrected chi connectivity index (χ2v) is 29.5. The van der Waals surface area contributed by atoms with Crippen LogP contribution in [0.2, 0.25) is 0 Å². The van der Waals surface area contributed by atoms with Gasteiger partial charge in [0.05, 0.1) is 58.0 Å². The zero-order chi connectivity index (χ0) is 67.9. The Kier molecular flexibility index (Phi) is 23.3. The number of fused-ring (bicyclic) bond motifs is 7. The molecule has 7 heterocycles. The fourth-order valence-electron chi connectivity index (χ4n) is 18.2. The van der Waals surface area contributed by atoms with Crippen molar-refractivity contribution in [2.45, 2.75) is 295 Å². The molecular weight excluding hydrogens is 1260 g/mol. The zero-order valence-corrected chi connectivity index (χ0v) is 53.6. The van der Waals surface area contributed by atoms with Gasteiger partial charge in [-0.3, -0.25) is 0 Å². The van der Waals surface area contributed by atoms with E-state index in [4.69, 9.17) is 61.6 Å². The Hall–Kier alpha value is -1.28. The van der Waals surface area contributed by atoms with E-state index in [-0.39, 0.29) is 47.2 Å². The maximum absolute atomic E-state index is 12.2. The molecule has 0 aromatic rings. The fraction of sp³-hybridized carbons (Fsp3) is 1.00. The molecule has 11 rings (SSSR count). The molecule has 0 radical (unpaired) electrons. The highest BCUT2D eigenvalue weighted by atomic mass is 16.8. The fourth-order valence-corrected chi connectivity index (χ4v) is 18.2. The average Bonchev–Trinajstić information content (AvgIpc) is 1.50. The van der Waals surface area contributed by atoms with Crippen molar-refractivity contribution < 1.29 is 159 Å². The Morgan fingerprint density at radius 1 is 0.479 bits per heavy atom. The molecule has 32 heteroatoms. The molecule has 4 aliphatic carbocycles. The number of aliphatic hydroxyl groups is 19. The van der Waals surface area contributed by atoms with Crippen molar-refractivity contribution in [2.24, 2.45) is 52.3 Å². The van der Waals surface area contributed by atoms with Crippen molar-refractivity contribution in [3.63, 3.8) is 0 Å². The first kappa shape index (κ1) is 73.9. The van der Waals surface area contributed by atoms with E-state index in [1.165, 1.54) is 6.92 Å². The monoisotopic (exact) mass is 1360 g/mol. The summed E-state index contributed by atoms with van der Waals surface area (Å²) < 4.78 is 77.8. The lowest BCUT2D eigenvalue weighted by molar-refractivity contribution is -0.399. The molecule has 7 aliphatic heterocycles. The van der Waals surface area contributed by atoms with Crippen LogP contribution in [-0.4, -0.2) is 333 Å². The number of rotatable bonds is 20. The Morgan fingerprint density at radius 2 is 1.03 bits per heavy atom. The largest absolute Gasteiger partial charge is 0.394 e. The number of hydrogen-bond donors (Lipinski definition) is 19. The van der Waals surface area contributed by atoms with E-state index in [1.807, 2.05) is 6.92 Å². The Balaban J connectivity index is 0.719. The van der Waals surface area contributed by atoms with Gasteiger partial charge in [-0.25, -0.2) is 0 Å². The number of hydrogen-bond acceptors (Lipinski definition) is 32. The van der Waals surface area contributed by atoms with Crippen molar-refractivity contribution in [1.29, 1.82) is 0 Å². The Labute approximate surface area is 544 Å². The molecule has 0 bridgehead atoms. The van der Waals surface area contributed by atoms with Crippen LogP contribution < -0.4 is 0 Å². The second-order valence-electron chi connectivity index (χ2n) is 29.5. The minimum atomic E-state index is -2.13. The van der Waals surface area contributed by atoms with Crippen LogP contribution >= 0.6 is 0 Å². The van der Waals surface area contributed by atoms with Crippen LogP contribution in [0.5, 0.6) is 0 Å². The predicted octanol–water partition coefficient (Wildman–Crippen LogP) is -6.64. The molecule has 544 valence electrons. The first-order chi connectivity index (χ1) is 44.5. The second kappa shape index (κ2) is 29.6. The summed E-state index contributed by atoms with van der Waals surface area (Å²) in [6.07, 6.45) is -42.0. The first-order valence-electron chi connectivity index (χ1n) is 33.7. The molecule has 11 aliphatic rings. The molecule has 0 unspecified atom stereocenters. The summed E-state index contributed by atoms with van der Waals surface area (Å²) in [4.78, 5) is 0. The third-order valence-corrected chi connectivity index (χ3v) is 23.9. The van der Waals surface area contributed by atoms with E-state index in [0.29, 0.717) is 43.4 Å². The summed E-state index contributed by atoms with van der Waals surface area (Å²) in [6.45, 7) is 6.61. The van der Waals surface area contributed by atoms with Crippen LogP contribution in [0.4, 0.5) is 0 Å². The van der Waals surface area contributed by atoms with Gasteiger partial charge in [0.15, 0.2) is 43.5 Å². The molecular formula is C62H104O32. The lowest BCUT2D eigenvalue weighted by Crippen LogP contribution is -2.67. The van der Waals surface area contributed by atoms with E-state index in [9.17, 15) is 97.0 Å². The lowest BCUT2D eigenvalue weighted by Gasteiger charge is -2.61. The maximum Gasteiger partial charge on any atom is 0.187 e. The molecule has 11 fully saturated rings. The number of aliphatic hydroxyl groups excluding tert-OH is 18. The van der Waals surface area contributed by atoms with Gasteiger partial charge in [-0.2, -0.15) is 0 Å². The lowest BCUT2D eigenvalue weighted by atomic mass is 9.44. The molecule has 0 amide bonds. The van der Waals surface area contributed by atoms with Crippen LogP contribution in [0.3, 0.4) is 0 Å². The summed E-state index contributed by atoms with van der Waals surface area (Å²) in [6, 6.07) is 0. The van der Waals surface area contributed by atoms with Gasteiger partial charge in [0.25, 0.3) is 0 Å². The van der Waals surface area contributed by atoms with Gasteiger partial charge < -0.3 is 159 Å². The van der Waals surface area contributed by atoms with Crippen LogP contribution in [0.15, 0.2) is 0 Å². The van der Waals surface area contributed by atoms with E-state index in [2.05, 4.69) is 20.8 Å². The highest BCUT2D eigenvalue weighted by Crippen LogP contribution is 2.71. The average molecular weight is 1360 g/mol. The molecule has 7 saturated heterocycles. The van der Waals surface area contributed by atoms with Crippen molar-refractivity contribution in [3.05, 3.63) is 0 Å². The summed E-state index contributed by atoms with van der Waals surface area (Å²) >= 11 is 0. The maximum atomic E-state index is 12.2. The van der Waals surface area contributed by atoms with Gasteiger partial charge in [0, 0.05) is 12.3 Å². The van der Waals surface area contributed by atoms with Gasteiger partial charge in [-0.1, -0.05) is 27.7 Å². The Bertz CT molecular complexity index is 2440. The molecule has 41 atom stereocenters. The van der Waals surface area contributed by atoms with Gasteiger partial charge in [-0.05, 0) is 111 Å². The Morgan fingerprint density at radius 3 is 1.72 bits per heavy atom. The van der Waals surface area contributed by atoms with Gasteiger partial charge in [0.1, 0.15) is 134 Å². The van der Waals surface area contributed by atoms with Gasteiger partial charge in [-0.15, -0.1) is 0 Å². The molecule has 0 spiro atoms. The highest BCUT2D eigenvalue weighted by molar-refractivity contribution is 5.15. The molecule has 0 aromatic carbocycles. The minimum Gasteiger partial charge on any atom is -0.394 e. The third-order valence-electron chi connectivity index (χ3n) is 23.9. The van der Waals surface area contributed by atoms with E-state index in [1.54, 1.807) is 0 Å². The van der Waals surface area contributed by atoms with Crippen LogP contribution in [-0.2, 0) is 61.6 Å². The molecule has 32 nitrogen and oxygen atoms in total. The molecule has 4 saturated carbocycles. The molecule has 0 aromatic heterocycles. The predicted molar refractivity (Wildman–Crippen MR) is 309 cm³/mol. The van der Waals surface area contributed by atoms with Gasteiger partial charge >= 0.3 is 0 Å². The van der Waals surface area contributed by atoms with Crippen molar-refractivity contribution in [1.82, 2.24) is 0 Å². The van der Waals surface area contributed by atoms with E-state index in [0.717, 1.165) is 38.5 Å². The summed E-state index contributed by atoms with van der Waals surface area (Å²) in [5, 5.41) is 206. The summed E-state index contributed by atoms with van der Waals surface area (Å²) in [5.41, 5.74) is -0.137. The third kappa shape index (κ3) is 13.8. The standard InChI is InChI=1S/C62H104O32/c1-22(19-82-54-47(77)43(73)39(69)32(16-63)87-54)8-13-62(81)23(2)36-31(94-62)15-29-27-7-6-25-14-26(9-11-60(25,4)28(27)10-12-61(29,36)5)86-57-49(79)44(74)40(70)35(90-57)21-84-59-53(52(41(71)33(17-64)88-59)92-55-46(76)38(68)30(66)20-83-55)93-58-50(80)45(75)51(34(18-65)89-58)91-56-48(78)42(72)37(67)24(3)85-56/h22-59,63-81H,6-21H2,1-5H3/t22-,23+,24+,25+,26+,27-,28+,29+,30-,31+,32-,33-,34-,35-,36+,37+,38+,39+,40-,41+,42-,43+,44+,45-,46-,47-,48-,49-,50-,51+,52+,53-,54-,55+,56-,57-,58+,59-,60+,61+,62-/m1/s1. The van der Waals surface area contributed by atoms with Crippen LogP contribution in [0, 0.1) is 52.3 Å². The van der Waals surface area contributed by atoms with E-state index < -0.39 is 223 Å². The van der Waals surface area contributed by atoms with Crippen molar-refractivity contribution >= 4 is 0 Å². The quantitative estimate of drug-likeness (QED) is 0.0504. The molecule has 19 N–H and O–H groups in total. The zero-order valence-electron chi connectivity index (χ0n) is 53.6. The normalized spacial score (nSPS) is 55.7. The number of ether oxygens (including phenoxy) is 13. The van der Waals surface area contributed by atoms with Crippen molar-refractivity contribution in [2.75, 3.05) is 39.6 Å². The van der Waals surface area contributed by atoms with E-state index >= 15 is 0 Å². The topological polar surface area (TPSA) is 504 Å². The molecule has 94 heavy (non-hydrogen) atoms. The summed E-state index contributed by atoms with van der Waals surface area (Å²) in [7, 11) is 0. The highest BCUT2D eigenvalue weighted by Gasteiger charge is 2.69. The minimum absolute atomic E-state index is 0.0588. The summed E-state index contributed by atoms with van der Waals surface area (Å²) in [5.74, 6) is -0.0796. The van der Waals surface area contributed by atoms with Crippen molar-refractivity contribution in [3.8, 4) is 0 Å². The van der Waals surface area contributed by atoms with Crippen LogP contribution in [0.25, 0.3) is 0 Å². The van der Waals surface area contributed by atoms with Crippen LogP contribution in [0.1, 0.15) is 98.8 Å². The smallest absolute Gasteiger partial charge is 0.187 e. The first-order valence-corrected chi connectivity index (χ1v) is 33.7. The van der Waals surface area contributed by atoms with Gasteiger partial charge in [0.2, 0.25) is 0 Å².